The van der Waals surface area contributed by atoms with Crippen LogP contribution < -0.4 is 0 Å². The second-order valence-electron chi connectivity index (χ2n) is 8.75. The molecular formula is C21H30F3N5O4. The third-order valence-corrected chi connectivity index (χ3v) is 6.78. The Balaban J connectivity index is 0.000000383. The summed E-state index contributed by atoms with van der Waals surface area (Å²) < 4.78 is 33.4. The predicted molar refractivity (Wildman–Crippen MR) is 111 cm³/mol. The fourth-order valence-corrected chi connectivity index (χ4v) is 4.88. The number of carboxylic acid groups (broad SMARTS) is 1. The highest BCUT2D eigenvalue weighted by Gasteiger charge is 2.47. The van der Waals surface area contributed by atoms with Crippen molar-refractivity contribution in [3.05, 3.63) is 18.0 Å². The Labute approximate surface area is 190 Å². The third kappa shape index (κ3) is 5.84. The van der Waals surface area contributed by atoms with Crippen LogP contribution in [-0.4, -0.2) is 98.4 Å². The quantitative estimate of drug-likeness (QED) is 0.716. The van der Waals surface area contributed by atoms with E-state index in [1.165, 1.54) is 25.9 Å². The van der Waals surface area contributed by atoms with Crippen molar-refractivity contribution in [2.45, 2.75) is 50.2 Å². The summed E-state index contributed by atoms with van der Waals surface area (Å²) >= 11 is 0. The van der Waals surface area contributed by atoms with Crippen molar-refractivity contribution in [2.24, 2.45) is 7.05 Å². The van der Waals surface area contributed by atoms with Crippen LogP contribution in [0.5, 0.6) is 0 Å². The van der Waals surface area contributed by atoms with Crippen LogP contribution in [0.2, 0.25) is 0 Å². The van der Waals surface area contributed by atoms with Crippen LogP contribution in [-0.2, 0) is 16.6 Å². The van der Waals surface area contributed by atoms with E-state index < -0.39 is 12.1 Å². The number of alkyl halides is 3. The molecule has 9 nitrogen and oxygen atoms in total. The number of carbonyl (C=O) groups excluding carboxylic acids is 2. The van der Waals surface area contributed by atoms with Crippen LogP contribution >= 0.6 is 0 Å². The Morgan fingerprint density at radius 2 is 1.70 bits per heavy atom. The van der Waals surface area contributed by atoms with Gasteiger partial charge in [0.1, 0.15) is 5.69 Å². The standard InChI is InChI=1S/C19H29N5O2.C2HF3O2/c1-21-16(5-9-20-21)18(26)23-12-7-19(8-13-23)6-4-17(25)24(19)15-14-22-10-2-3-11-22;3-2(4,5)1(6)7/h5,9H,2-4,6-8,10-15H2,1H3;(H,6,7). The Hall–Kier alpha value is -2.63. The number of piperidine rings is 1. The van der Waals surface area contributed by atoms with Crippen molar-refractivity contribution in [1.82, 2.24) is 24.5 Å². The van der Waals surface area contributed by atoms with Gasteiger partial charge in [0.15, 0.2) is 0 Å². The van der Waals surface area contributed by atoms with Gasteiger partial charge in [-0.25, -0.2) is 4.79 Å². The maximum Gasteiger partial charge on any atom is 0.490 e. The first-order chi connectivity index (χ1) is 15.5. The molecule has 3 aliphatic heterocycles. The lowest BCUT2D eigenvalue weighted by Crippen LogP contribution is -2.55. The minimum Gasteiger partial charge on any atom is -0.475 e. The molecule has 0 unspecified atom stereocenters. The molecule has 1 spiro atoms. The van der Waals surface area contributed by atoms with Gasteiger partial charge in [-0.05, 0) is 51.3 Å². The van der Waals surface area contributed by atoms with E-state index in [9.17, 15) is 22.8 Å². The highest BCUT2D eigenvalue weighted by molar-refractivity contribution is 5.92. The lowest BCUT2D eigenvalue weighted by molar-refractivity contribution is -0.192. The number of aryl methyl sites for hydroxylation is 1. The minimum absolute atomic E-state index is 0.0277. The van der Waals surface area contributed by atoms with Gasteiger partial charge in [-0.3, -0.25) is 14.3 Å². The summed E-state index contributed by atoms with van der Waals surface area (Å²) in [4.78, 5) is 40.7. The second-order valence-corrected chi connectivity index (χ2v) is 8.75. The number of likely N-dealkylation sites (tertiary alicyclic amines) is 3. The summed E-state index contributed by atoms with van der Waals surface area (Å²) in [6.07, 6.45) is 2.53. The van der Waals surface area contributed by atoms with Crippen molar-refractivity contribution >= 4 is 17.8 Å². The molecule has 3 aliphatic rings. The SMILES string of the molecule is Cn1nccc1C(=O)N1CCC2(CCC(=O)N2CCN2CCCC2)CC1.O=C(O)C(F)(F)F. The predicted octanol–water partition coefficient (Wildman–Crippen LogP) is 1.75. The number of aromatic nitrogens is 2. The van der Waals surface area contributed by atoms with E-state index in [1.54, 1.807) is 24.0 Å². The molecule has 3 fully saturated rings. The van der Waals surface area contributed by atoms with E-state index in [0.29, 0.717) is 18.0 Å². The Morgan fingerprint density at radius 1 is 1.09 bits per heavy atom. The van der Waals surface area contributed by atoms with E-state index >= 15 is 0 Å². The molecule has 1 aromatic heterocycles. The fourth-order valence-electron chi connectivity index (χ4n) is 4.88. The minimum atomic E-state index is -5.08. The lowest BCUT2D eigenvalue weighted by Gasteiger charge is -2.45. The van der Waals surface area contributed by atoms with E-state index in [1.807, 2.05) is 4.90 Å². The molecule has 0 bridgehead atoms. The molecule has 4 rings (SSSR count). The summed E-state index contributed by atoms with van der Waals surface area (Å²) in [5.74, 6) is -2.41. The van der Waals surface area contributed by atoms with Gasteiger partial charge in [0.2, 0.25) is 5.91 Å². The maximum atomic E-state index is 12.7. The van der Waals surface area contributed by atoms with Gasteiger partial charge in [0.25, 0.3) is 5.91 Å². The Morgan fingerprint density at radius 3 is 2.21 bits per heavy atom. The normalized spacial score (nSPS) is 20.8. The van der Waals surface area contributed by atoms with E-state index in [-0.39, 0.29) is 11.4 Å². The molecule has 12 heteroatoms. The molecule has 2 amide bonds. The number of carboxylic acids is 1. The second kappa shape index (κ2) is 10.1. The van der Waals surface area contributed by atoms with Crippen LogP contribution in [0, 0.1) is 0 Å². The Kier molecular flexibility index (Phi) is 7.65. The fraction of sp³-hybridized carbons (Fsp3) is 0.714. The molecular weight excluding hydrogens is 443 g/mol. The molecule has 33 heavy (non-hydrogen) atoms. The van der Waals surface area contributed by atoms with Crippen LogP contribution in [0.15, 0.2) is 12.3 Å². The van der Waals surface area contributed by atoms with Gasteiger partial charge < -0.3 is 19.8 Å². The van der Waals surface area contributed by atoms with Gasteiger partial charge in [-0.15, -0.1) is 0 Å². The largest absolute Gasteiger partial charge is 0.490 e. The molecule has 0 saturated carbocycles. The number of aliphatic carboxylic acids is 1. The molecule has 0 aromatic carbocycles. The van der Waals surface area contributed by atoms with Crippen molar-refractivity contribution in [3.63, 3.8) is 0 Å². The molecule has 1 N–H and O–H groups in total. The summed E-state index contributed by atoms with van der Waals surface area (Å²) in [5.41, 5.74) is 0.606. The molecule has 1 aromatic rings. The van der Waals surface area contributed by atoms with Crippen molar-refractivity contribution in [2.75, 3.05) is 39.3 Å². The number of nitrogens with zero attached hydrogens (tertiary/aromatic N) is 5. The lowest BCUT2D eigenvalue weighted by atomic mass is 9.85. The first-order valence-electron chi connectivity index (χ1n) is 11.1. The van der Waals surface area contributed by atoms with E-state index in [2.05, 4.69) is 14.9 Å². The molecule has 184 valence electrons. The van der Waals surface area contributed by atoms with Crippen LogP contribution in [0.4, 0.5) is 13.2 Å². The smallest absolute Gasteiger partial charge is 0.475 e. The summed E-state index contributed by atoms with van der Waals surface area (Å²) in [6, 6.07) is 1.77. The van der Waals surface area contributed by atoms with Gasteiger partial charge >= 0.3 is 12.1 Å². The highest BCUT2D eigenvalue weighted by Crippen LogP contribution is 2.39. The zero-order valence-electron chi connectivity index (χ0n) is 18.7. The van der Waals surface area contributed by atoms with Crippen molar-refractivity contribution in [3.8, 4) is 0 Å². The zero-order valence-corrected chi connectivity index (χ0v) is 18.7. The van der Waals surface area contributed by atoms with Crippen molar-refractivity contribution < 1.29 is 32.7 Å². The average Bonchev–Trinajstić information content (AvgIpc) is 3.49. The molecule has 0 atom stereocenters. The Bertz CT molecular complexity index is 858. The number of amides is 2. The highest BCUT2D eigenvalue weighted by atomic mass is 19.4. The molecule has 0 radical (unpaired) electrons. The van der Waals surface area contributed by atoms with Crippen molar-refractivity contribution in [1.29, 1.82) is 0 Å². The number of hydrogen-bond acceptors (Lipinski definition) is 5. The number of carbonyl (C=O) groups is 3. The molecule has 0 aliphatic carbocycles. The zero-order chi connectivity index (χ0) is 24.2. The maximum absolute atomic E-state index is 12.7. The monoisotopic (exact) mass is 473 g/mol. The van der Waals surface area contributed by atoms with Crippen LogP contribution in [0.25, 0.3) is 0 Å². The summed E-state index contributed by atoms with van der Waals surface area (Å²) in [6.45, 7) is 5.61. The van der Waals surface area contributed by atoms with Gasteiger partial charge in [-0.1, -0.05) is 0 Å². The molecule has 4 heterocycles. The number of hydrogen-bond donors (Lipinski definition) is 1. The number of halogens is 3. The van der Waals surface area contributed by atoms with Crippen LogP contribution in [0.1, 0.15) is 49.0 Å². The van der Waals surface area contributed by atoms with E-state index in [0.717, 1.165) is 45.4 Å². The van der Waals surface area contributed by atoms with Crippen LogP contribution in [0.3, 0.4) is 0 Å². The van der Waals surface area contributed by atoms with Gasteiger partial charge in [0.05, 0.1) is 0 Å². The van der Waals surface area contributed by atoms with Gasteiger partial charge in [0, 0.05) is 51.4 Å². The van der Waals surface area contributed by atoms with Gasteiger partial charge in [-0.2, -0.15) is 18.3 Å². The summed E-state index contributed by atoms with van der Waals surface area (Å²) in [7, 11) is 1.80. The average molecular weight is 473 g/mol. The topological polar surface area (TPSA) is 99.0 Å². The first-order valence-corrected chi connectivity index (χ1v) is 11.1. The number of rotatable bonds is 4. The third-order valence-electron chi connectivity index (χ3n) is 6.78. The summed E-state index contributed by atoms with van der Waals surface area (Å²) in [5, 5.41) is 11.2. The molecule has 3 saturated heterocycles. The van der Waals surface area contributed by atoms with E-state index in [4.69, 9.17) is 9.90 Å². The first kappa shape index (κ1) is 25.0.